The fraction of sp³-hybridized carbons (Fsp3) is 0.444. The molecule has 0 aliphatic carbocycles. The number of benzene rings is 1. The van der Waals surface area contributed by atoms with Crippen LogP contribution in [0.1, 0.15) is 43.9 Å². The summed E-state index contributed by atoms with van der Waals surface area (Å²) >= 11 is 0. The van der Waals surface area contributed by atoms with Crippen LogP contribution in [0.3, 0.4) is 0 Å². The van der Waals surface area contributed by atoms with Gasteiger partial charge in [0.1, 0.15) is 0 Å². The number of hydrogen-bond donors (Lipinski definition) is 1. The van der Waals surface area contributed by atoms with E-state index in [0.29, 0.717) is 6.04 Å². The Kier molecular flexibility index (Phi) is 4.66. The van der Waals surface area contributed by atoms with E-state index in [0.717, 1.165) is 11.3 Å². The van der Waals surface area contributed by atoms with Crippen LogP contribution >= 0.6 is 0 Å². The van der Waals surface area contributed by atoms with Crippen molar-refractivity contribution in [3.8, 4) is 0 Å². The number of nitrogens with zero attached hydrogens (tertiary/aromatic N) is 1. The number of likely N-dealkylation sites (tertiary alicyclic amines) is 1. The highest BCUT2D eigenvalue weighted by molar-refractivity contribution is 5.61. The first kappa shape index (κ1) is 14.9. The molecule has 20 heavy (non-hydrogen) atoms. The smallest absolute Gasteiger partial charge is 0.0486 e. The van der Waals surface area contributed by atoms with Crippen LogP contribution in [0.25, 0.3) is 5.57 Å². The summed E-state index contributed by atoms with van der Waals surface area (Å²) in [6.45, 7) is 13.6. The van der Waals surface area contributed by atoms with Gasteiger partial charge < -0.3 is 5.32 Å². The molecule has 1 aliphatic rings. The zero-order chi connectivity index (χ0) is 14.7. The highest BCUT2D eigenvalue weighted by Gasteiger charge is 2.24. The van der Waals surface area contributed by atoms with Gasteiger partial charge >= 0.3 is 0 Å². The molecule has 2 unspecified atom stereocenters. The van der Waals surface area contributed by atoms with Gasteiger partial charge in [0.2, 0.25) is 0 Å². The summed E-state index contributed by atoms with van der Waals surface area (Å²) < 4.78 is 0. The maximum Gasteiger partial charge on any atom is 0.0486 e. The second kappa shape index (κ2) is 6.27. The highest BCUT2D eigenvalue weighted by Crippen LogP contribution is 2.23. The third-order valence-corrected chi connectivity index (χ3v) is 4.23. The first-order valence-electron chi connectivity index (χ1n) is 7.40. The van der Waals surface area contributed by atoms with Crippen molar-refractivity contribution in [2.45, 2.75) is 38.8 Å². The number of nitrogens with one attached hydrogen (secondary N) is 1. The van der Waals surface area contributed by atoms with E-state index in [4.69, 9.17) is 0 Å². The third-order valence-electron chi connectivity index (χ3n) is 4.23. The molecule has 2 atom stereocenters. The molecule has 0 amide bonds. The van der Waals surface area contributed by atoms with Crippen molar-refractivity contribution >= 4 is 5.57 Å². The Morgan fingerprint density at radius 3 is 2.45 bits per heavy atom. The van der Waals surface area contributed by atoms with Gasteiger partial charge in [-0.1, -0.05) is 43.0 Å². The SMILES string of the molecule is C=C(C)c1ccc(C(C)NC(=C)C2CCCN2C)cc1. The monoisotopic (exact) mass is 270 g/mol. The van der Waals surface area contributed by atoms with Crippen molar-refractivity contribution in [3.05, 3.63) is 54.2 Å². The van der Waals surface area contributed by atoms with Crippen molar-refractivity contribution in [1.29, 1.82) is 0 Å². The molecular weight excluding hydrogens is 244 g/mol. The first-order valence-corrected chi connectivity index (χ1v) is 7.40. The van der Waals surface area contributed by atoms with Crippen LogP contribution in [0.15, 0.2) is 43.1 Å². The van der Waals surface area contributed by atoms with Crippen LogP contribution in [0, 0.1) is 0 Å². The first-order chi connectivity index (χ1) is 9.49. The summed E-state index contributed by atoms with van der Waals surface area (Å²) in [5.74, 6) is 0. The van der Waals surface area contributed by atoms with Crippen LogP contribution in [-0.4, -0.2) is 24.5 Å². The minimum absolute atomic E-state index is 0.288. The standard InChI is InChI=1S/C18H26N2/c1-13(2)16-8-10-17(11-9-16)14(3)19-15(4)18-7-6-12-20(18)5/h8-11,14,18-19H,1,4,6-7,12H2,2-3,5H3. The van der Waals surface area contributed by atoms with Gasteiger partial charge in [0, 0.05) is 17.8 Å². The second-order valence-electron chi connectivity index (χ2n) is 5.93. The predicted molar refractivity (Wildman–Crippen MR) is 87.5 cm³/mol. The molecule has 108 valence electrons. The molecule has 0 spiro atoms. The van der Waals surface area contributed by atoms with E-state index in [1.807, 2.05) is 6.92 Å². The van der Waals surface area contributed by atoms with Crippen molar-refractivity contribution in [2.75, 3.05) is 13.6 Å². The molecule has 0 aromatic heterocycles. The molecule has 2 rings (SSSR count). The Morgan fingerprint density at radius 2 is 1.95 bits per heavy atom. The van der Waals surface area contributed by atoms with Crippen molar-refractivity contribution in [1.82, 2.24) is 10.2 Å². The number of likely N-dealkylation sites (N-methyl/N-ethyl adjacent to an activating group) is 1. The third kappa shape index (κ3) is 3.31. The lowest BCUT2D eigenvalue weighted by molar-refractivity contribution is 0.330. The summed E-state index contributed by atoms with van der Waals surface area (Å²) in [6, 6.07) is 9.39. The van der Waals surface area contributed by atoms with Crippen LogP contribution in [0.2, 0.25) is 0 Å². The van der Waals surface area contributed by atoms with Crippen molar-refractivity contribution < 1.29 is 0 Å². The van der Waals surface area contributed by atoms with Gasteiger partial charge in [-0.05, 0) is 51.4 Å². The average Bonchev–Trinajstić information content (AvgIpc) is 2.85. The van der Waals surface area contributed by atoms with E-state index in [9.17, 15) is 0 Å². The van der Waals surface area contributed by atoms with Gasteiger partial charge in [-0.2, -0.15) is 0 Å². The molecule has 2 nitrogen and oxygen atoms in total. The lowest BCUT2D eigenvalue weighted by Gasteiger charge is -2.26. The summed E-state index contributed by atoms with van der Waals surface area (Å²) in [4.78, 5) is 2.38. The molecule has 1 N–H and O–H groups in total. The molecule has 0 radical (unpaired) electrons. The molecule has 0 bridgehead atoms. The fourth-order valence-corrected chi connectivity index (χ4v) is 2.86. The minimum atomic E-state index is 0.288. The Balaban J connectivity index is 1.98. The van der Waals surface area contributed by atoms with Gasteiger partial charge in [-0.15, -0.1) is 0 Å². The van der Waals surface area contributed by atoms with Crippen LogP contribution in [-0.2, 0) is 0 Å². The Labute approximate surface area is 123 Å². The van der Waals surface area contributed by atoms with E-state index in [1.165, 1.54) is 30.5 Å². The van der Waals surface area contributed by atoms with Gasteiger partial charge in [-0.25, -0.2) is 0 Å². The van der Waals surface area contributed by atoms with E-state index < -0.39 is 0 Å². The Bertz CT molecular complexity index is 487. The van der Waals surface area contributed by atoms with E-state index in [2.05, 4.69) is 61.6 Å². The highest BCUT2D eigenvalue weighted by atomic mass is 15.2. The molecule has 1 aromatic rings. The Morgan fingerprint density at radius 1 is 1.30 bits per heavy atom. The average molecular weight is 270 g/mol. The quantitative estimate of drug-likeness (QED) is 0.870. The molecule has 1 aromatic carbocycles. The molecule has 1 heterocycles. The van der Waals surface area contributed by atoms with Crippen molar-refractivity contribution in [3.63, 3.8) is 0 Å². The van der Waals surface area contributed by atoms with Gasteiger partial charge in [0.05, 0.1) is 0 Å². The zero-order valence-corrected chi connectivity index (χ0v) is 12.9. The predicted octanol–water partition coefficient (Wildman–Crippen LogP) is 3.98. The van der Waals surface area contributed by atoms with Gasteiger partial charge in [0.25, 0.3) is 0 Å². The largest absolute Gasteiger partial charge is 0.381 e. The van der Waals surface area contributed by atoms with E-state index >= 15 is 0 Å². The molecule has 1 fully saturated rings. The van der Waals surface area contributed by atoms with E-state index in [-0.39, 0.29) is 6.04 Å². The van der Waals surface area contributed by atoms with Gasteiger partial charge in [-0.3, -0.25) is 4.90 Å². The Hall–Kier alpha value is -1.54. The van der Waals surface area contributed by atoms with Gasteiger partial charge in [0.15, 0.2) is 0 Å². The topological polar surface area (TPSA) is 15.3 Å². The summed E-state index contributed by atoms with van der Waals surface area (Å²) in [5, 5.41) is 3.56. The molecule has 0 saturated carbocycles. The van der Waals surface area contributed by atoms with Crippen LogP contribution in [0.5, 0.6) is 0 Å². The van der Waals surface area contributed by atoms with Crippen molar-refractivity contribution in [2.24, 2.45) is 0 Å². The summed E-state index contributed by atoms with van der Waals surface area (Å²) in [7, 11) is 2.18. The lowest BCUT2D eigenvalue weighted by Crippen LogP contribution is -2.33. The normalized spacial score (nSPS) is 20.6. The number of allylic oxidation sites excluding steroid dienone is 1. The second-order valence-corrected chi connectivity index (χ2v) is 5.93. The van der Waals surface area contributed by atoms with Crippen LogP contribution in [0.4, 0.5) is 0 Å². The number of hydrogen-bond acceptors (Lipinski definition) is 2. The summed E-state index contributed by atoms with van der Waals surface area (Å²) in [6.07, 6.45) is 2.48. The molecule has 2 heteroatoms. The van der Waals surface area contributed by atoms with E-state index in [1.54, 1.807) is 0 Å². The minimum Gasteiger partial charge on any atom is -0.381 e. The lowest BCUT2D eigenvalue weighted by atomic mass is 10.0. The maximum absolute atomic E-state index is 4.23. The van der Waals surface area contributed by atoms with Crippen LogP contribution < -0.4 is 5.32 Å². The molecule has 1 aliphatic heterocycles. The summed E-state index contributed by atoms with van der Waals surface area (Å²) in [5.41, 5.74) is 4.74. The fourth-order valence-electron chi connectivity index (χ4n) is 2.86. The maximum atomic E-state index is 4.23. The molecule has 1 saturated heterocycles. The number of rotatable bonds is 5. The molecular formula is C18H26N2. The zero-order valence-electron chi connectivity index (χ0n) is 12.9.